The van der Waals surface area contributed by atoms with E-state index in [0.29, 0.717) is 12.1 Å². The van der Waals surface area contributed by atoms with Gasteiger partial charge >= 0.3 is 18.3 Å². The van der Waals surface area contributed by atoms with E-state index >= 15 is 0 Å². The van der Waals surface area contributed by atoms with Gasteiger partial charge in [-0.25, -0.2) is 4.79 Å². The predicted octanol–water partition coefficient (Wildman–Crippen LogP) is 5.48. The lowest BCUT2D eigenvalue weighted by molar-refractivity contribution is -0.141. The summed E-state index contributed by atoms with van der Waals surface area (Å²) in [6, 6.07) is 10.1. The van der Waals surface area contributed by atoms with Gasteiger partial charge in [0.25, 0.3) is 11.8 Å². The van der Waals surface area contributed by atoms with E-state index in [1.54, 1.807) is 0 Å². The second kappa shape index (κ2) is 10.5. The molecule has 2 aromatic carbocycles. The van der Waals surface area contributed by atoms with Crippen LogP contribution in [0.1, 0.15) is 27.2 Å². The molecule has 0 unspecified atom stereocenters. The zero-order chi connectivity index (χ0) is 27.4. The number of alkyl halides is 6. The molecule has 192 valence electrons. The monoisotopic (exact) mass is 523 g/mol. The van der Waals surface area contributed by atoms with Gasteiger partial charge < -0.3 is 15.7 Å². The maximum absolute atomic E-state index is 13.0. The highest BCUT2D eigenvalue weighted by Crippen LogP contribution is 2.31. The molecule has 1 aromatic heterocycles. The molecule has 0 saturated carbocycles. The van der Waals surface area contributed by atoms with Gasteiger partial charge in [0.15, 0.2) is 0 Å². The van der Waals surface area contributed by atoms with Gasteiger partial charge in [-0.2, -0.15) is 26.3 Å². The molecule has 0 spiro atoms. The van der Waals surface area contributed by atoms with Crippen molar-refractivity contribution in [3.05, 3.63) is 94.8 Å². The van der Waals surface area contributed by atoms with Crippen LogP contribution in [0.2, 0.25) is 0 Å². The normalized spacial score (nSPS) is 12.1. The topological polar surface area (TPSA) is 108 Å². The summed E-state index contributed by atoms with van der Waals surface area (Å²) in [5, 5.41) is 13.5. The molecule has 0 atom stereocenters. The first-order valence-corrected chi connectivity index (χ1v) is 10.1. The summed E-state index contributed by atoms with van der Waals surface area (Å²) < 4.78 is 77.4. The average Bonchev–Trinajstić information content (AvgIpc) is 2.82. The summed E-state index contributed by atoms with van der Waals surface area (Å²) >= 11 is 0. The third kappa shape index (κ3) is 7.16. The standard InChI is InChI=1S/C24H15F6N3O4/c25-23(26,27)15-4-2-6-17(11-15)33-21(35)18(9-13-7-8-19(31-12-13)24(28,29)30)20(34)32-16-5-1-3-14(10-16)22(36)37/h1-12H,(H,32,34)(H,33,35)(H,36,37). The van der Waals surface area contributed by atoms with Gasteiger partial charge in [-0.15, -0.1) is 0 Å². The van der Waals surface area contributed by atoms with E-state index in [2.05, 4.69) is 15.6 Å². The predicted molar refractivity (Wildman–Crippen MR) is 119 cm³/mol. The van der Waals surface area contributed by atoms with Crippen molar-refractivity contribution in [2.45, 2.75) is 12.4 Å². The number of nitrogens with one attached hydrogen (secondary N) is 2. The molecule has 0 aliphatic carbocycles. The number of aromatic nitrogens is 1. The number of nitrogens with zero attached hydrogens (tertiary/aromatic N) is 1. The molecule has 3 rings (SSSR count). The van der Waals surface area contributed by atoms with Crippen molar-refractivity contribution >= 4 is 35.2 Å². The number of amides is 2. The van der Waals surface area contributed by atoms with Gasteiger partial charge in [-0.1, -0.05) is 18.2 Å². The number of carboxylic acids is 1. The number of rotatable bonds is 6. The maximum Gasteiger partial charge on any atom is 0.433 e. The fourth-order valence-corrected chi connectivity index (χ4v) is 2.96. The number of anilines is 2. The van der Waals surface area contributed by atoms with Crippen LogP contribution in [0, 0.1) is 0 Å². The van der Waals surface area contributed by atoms with Gasteiger partial charge in [0.1, 0.15) is 11.3 Å². The third-order valence-corrected chi connectivity index (χ3v) is 4.69. The first kappa shape index (κ1) is 26.9. The molecule has 0 fully saturated rings. The SMILES string of the molecule is O=C(Nc1cccc(C(=O)O)c1)C(=Cc1ccc(C(F)(F)F)nc1)C(=O)Nc1cccc(C(F)(F)F)c1. The van der Waals surface area contributed by atoms with Crippen LogP contribution in [0.3, 0.4) is 0 Å². The van der Waals surface area contributed by atoms with Crippen LogP contribution in [0.15, 0.2) is 72.4 Å². The number of benzene rings is 2. The number of carbonyl (C=O) groups is 3. The lowest BCUT2D eigenvalue weighted by atomic mass is 10.1. The van der Waals surface area contributed by atoms with Gasteiger partial charge in [-0.3, -0.25) is 14.6 Å². The molecule has 0 aliphatic rings. The number of carbonyl (C=O) groups excluding carboxylic acids is 2. The minimum Gasteiger partial charge on any atom is -0.478 e. The van der Waals surface area contributed by atoms with E-state index in [-0.39, 0.29) is 22.5 Å². The fourth-order valence-electron chi connectivity index (χ4n) is 2.96. The van der Waals surface area contributed by atoms with Crippen LogP contribution in [-0.2, 0) is 21.9 Å². The van der Waals surface area contributed by atoms with Crippen molar-refractivity contribution in [3.8, 4) is 0 Å². The van der Waals surface area contributed by atoms with Crippen molar-refractivity contribution in [1.29, 1.82) is 0 Å². The first-order valence-electron chi connectivity index (χ1n) is 10.1. The Balaban J connectivity index is 1.96. The fraction of sp³-hybridized carbons (Fsp3) is 0.0833. The number of hydrogen-bond donors (Lipinski definition) is 3. The Hall–Kier alpha value is -4.68. The second-order valence-electron chi connectivity index (χ2n) is 7.41. The summed E-state index contributed by atoms with van der Waals surface area (Å²) in [4.78, 5) is 40.2. The van der Waals surface area contributed by atoms with Crippen molar-refractivity contribution < 1.29 is 45.8 Å². The highest BCUT2D eigenvalue weighted by Gasteiger charge is 2.32. The number of halogens is 6. The molecular formula is C24H15F6N3O4. The molecule has 3 N–H and O–H groups in total. The molecule has 0 aliphatic heterocycles. The van der Waals surface area contributed by atoms with E-state index in [0.717, 1.165) is 42.6 Å². The number of pyridine rings is 1. The smallest absolute Gasteiger partial charge is 0.433 e. The van der Waals surface area contributed by atoms with E-state index in [1.807, 2.05) is 0 Å². The largest absolute Gasteiger partial charge is 0.478 e. The first-order chi connectivity index (χ1) is 17.2. The Morgan fingerprint density at radius 2 is 1.38 bits per heavy atom. The Morgan fingerprint density at radius 1 is 0.784 bits per heavy atom. The molecule has 13 heteroatoms. The Labute approximate surface area is 204 Å². The number of carboxylic acid groups (broad SMARTS) is 1. The quantitative estimate of drug-likeness (QED) is 0.172. The highest BCUT2D eigenvalue weighted by atomic mass is 19.4. The molecule has 0 saturated heterocycles. The average molecular weight is 523 g/mol. The Morgan fingerprint density at radius 3 is 1.89 bits per heavy atom. The minimum absolute atomic E-state index is 0.0341. The molecule has 1 heterocycles. The van der Waals surface area contributed by atoms with Gasteiger partial charge in [0.05, 0.1) is 11.1 Å². The van der Waals surface area contributed by atoms with Crippen LogP contribution in [0.4, 0.5) is 37.7 Å². The Bertz CT molecular complexity index is 1370. The summed E-state index contributed by atoms with van der Waals surface area (Å²) in [5.74, 6) is -3.61. The van der Waals surface area contributed by atoms with E-state index in [4.69, 9.17) is 5.11 Å². The van der Waals surface area contributed by atoms with Gasteiger partial charge in [-0.05, 0) is 54.1 Å². The van der Waals surface area contributed by atoms with Crippen LogP contribution < -0.4 is 10.6 Å². The number of aromatic carboxylic acids is 1. The minimum atomic E-state index is -4.74. The molecule has 2 amide bonds. The lowest BCUT2D eigenvalue weighted by Gasteiger charge is -2.13. The van der Waals surface area contributed by atoms with Crippen molar-refractivity contribution in [3.63, 3.8) is 0 Å². The molecule has 37 heavy (non-hydrogen) atoms. The molecule has 3 aromatic rings. The van der Waals surface area contributed by atoms with Crippen LogP contribution in [0.25, 0.3) is 6.08 Å². The zero-order valence-corrected chi connectivity index (χ0v) is 18.3. The van der Waals surface area contributed by atoms with Crippen molar-refractivity contribution in [2.75, 3.05) is 10.6 Å². The zero-order valence-electron chi connectivity index (χ0n) is 18.3. The van der Waals surface area contributed by atoms with E-state index in [9.17, 15) is 40.7 Å². The third-order valence-electron chi connectivity index (χ3n) is 4.69. The van der Waals surface area contributed by atoms with Crippen molar-refractivity contribution in [1.82, 2.24) is 4.98 Å². The molecule has 7 nitrogen and oxygen atoms in total. The van der Waals surface area contributed by atoms with E-state index in [1.165, 1.54) is 18.2 Å². The molecule has 0 bridgehead atoms. The van der Waals surface area contributed by atoms with Crippen LogP contribution in [0.5, 0.6) is 0 Å². The summed E-state index contributed by atoms with van der Waals surface area (Å²) in [6.07, 6.45) is -7.82. The summed E-state index contributed by atoms with van der Waals surface area (Å²) in [5.41, 5.74) is -3.64. The highest BCUT2D eigenvalue weighted by molar-refractivity contribution is 6.28. The number of hydrogen-bond acceptors (Lipinski definition) is 4. The lowest BCUT2D eigenvalue weighted by Crippen LogP contribution is -2.25. The Kier molecular flexibility index (Phi) is 7.65. The summed E-state index contributed by atoms with van der Waals surface area (Å²) in [7, 11) is 0. The maximum atomic E-state index is 13.0. The molecule has 0 radical (unpaired) electrons. The van der Waals surface area contributed by atoms with Crippen LogP contribution in [-0.4, -0.2) is 27.9 Å². The summed E-state index contributed by atoms with van der Waals surface area (Å²) in [6.45, 7) is 0. The van der Waals surface area contributed by atoms with Gasteiger partial charge in [0, 0.05) is 17.6 Å². The van der Waals surface area contributed by atoms with Gasteiger partial charge in [0.2, 0.25) is 0 Å². The van der Waals surface area contributed by atoms with Crippen molar-refractivity contribution in [2.24, 2.45) is 0 Å². The second-order valence-corrected chi connectivity index (χ2v) is 7.41. The molecular weight excluding hydrogens is 508 g/mol. The van der Waals surface area contributed by atoms with E-state index < -0.39 is 47.0 Å². The van der Waals surface area contributed by atoms with Crippen LogP contribution >= 0.6 is 0 Å².